The van der Waals surface area contributed by atoms with E-state index < -0.39 is 6.10 Å². The molecule has 4 N–H and O–H groups in total. The van der Waals surface area contributed by atoms with Gasteiger partial charge in [0.25, 0.3) is 0 Å². The van der Waals surface area contributed by atoms with E-state index in [1.54, 1.807) is 0 Å². The highest BCUT2D eigenvalue weighted by Gasteiger charge is 2.23. The molecule has 2 aromatic carbocycles. The molecule has 0 fully saturated rings. The van der Waals surface area contributed by atoms with Crippen LogP contribution in [0.5, 0.6) is 0 Å². The molecule has 1 unspecified atom stereocenters. The lowest BCUT2D eigenvalue weighted by atomic mass is 10.0. The summed E-state index contributed by atoms with van der Waals surface area (Å²) in [6, 6.07) is 18.7. The molecule has 0 aromatic heterocycles. The van der Waals surface area contributed by atoms with Crippen molar-refractivity contribution >= 4 is 12.4 Å². The number of nitrogens with one attached hydrogen (secondary N) is 1. The van der Waals surface area contributed by atoms with Crippen LogP contribution in [0.15, 0.2) is 54.6 Å². The van der Waals surface area contributed by atoms with Crippen molar-refractivity contribution in [3.63, 3.8) is 0 Å². The quantitative estimate of drug-likeness (QED) is 0.762. The fourth-order valence-electron chi connectivity index (χ4n) is 3.21. The summed E-state index contributed by atoms with van der Waals surface area (Å²) in [6.45, 7) is 0.535. The van der Waals surface area contributed by atoms with Crippen molar-refractivity contribution in [3.05, 3.63) is 71.3 Å². The van der Waals surface area contributed by atoms with Gasteiger partial charge in [0.2, 0.25) is 0 Å². The zero-order valence-electron chi connectivity index (χ0n) is 13.2. The number of nitrogens with two attached hydrogens (primary N) is 1. The zero-order chi connectivity index (χ0) is 15.4. The summed E-state index contributed by atoms with van der Waals surface area (Å²) < 4.78 is 0. The minimum absolute atomic E-state index is 0. The molecule has 0 spiro atoms. The number of hydrogen-bond donors (Lipinski definition) is 3. The van der Waals surface area contributed by atoms with E-state index in [4.69, 9.17) is 5.73 Å². The van der Waals surface area contributed by atoms with Crippen LogP contribution in [-0.4, -0.2) is 23.8 Å². The highest BCUT2D eigenvalue weighted by Crippen LogP contribution is 2.30. The molecule has 1 aliphatic rings. The average Bonchev–Trinajstić information content (AvgIpc) is 2.97. The van der Waals surface area contributed by atoms with Gasteiger partial charge < -0.3 is 16.2 Å². The molecule has 3 nitrogen and oxygen atoms in total. The molecule has 1 aliphatic carbocycles. The van der Waals surface area contributed by atoms with Crippen molar-refractivity contribution in [2.45, 2.75) is 37.5 Å². The first-order valence-electron chi connectivity index (χ1n) is 8.03. The summed E-state index contributed by atoms with van der Waals surface area (Å²) in [5.41, 5.74) is 10.1. The molecular formula is C19H25ClN2O. The van der Waals surface area contributed by atoms with Gasteiger partial charge in [0.15, 0.2) is 0 Å². The Morgan fingerprint density at radius 1 is 1.09 bits per heavy atom. The number of benzene rings is 2. The van der Waals surface area contributed by atoms with Gasteiger partial charge >= 0.3 is 0 Å². The SMILES string of the molecule is Cl.N[C@@H](Cc1ccccc1)[C@H](O)CNC1CCc2ccccc21. The maximum absolute atomic E-state index is 10.3. The fourth-order valence-corrected chi connectivity index (χ4v) is 3.21. The summed E-state index contributed by atoms with van der Waals surface area (Å²) in [6.07, 6.45) is 2.37. The number of fused-ring (bicyclic) bond motifs is 1. The van der Waals surface area contributed by atoms with Crippen LogP contribution in [0.3, 0.4) is 0 Å². The van der Waals surface area contributed by atoms with E-state index in [-0.39, 0.29) is 18.4 Å². The predicted molar refractivity (Wildman–Crippen MR) is 96.9 cm³/mol. The van der Waals surface area contributed by atoms with Crippen LogP contribution in [-0.2, 0) is 12.8 Å². The number of rotatable bonds is 6. The minimum Gasteiger partial charge on any atom is -0.390 e. The first-order chi connectivity index (χ1) is 10.7. The molecule has 4 heteroatoms. The Bertz CT molecular complexity index is 605. The van der Waals surface area contributed by atoms with E-state index in [1.807, 2.05) is 30.3 Å². The number of hydrogen-bond acceptors (Lipinski definition) is 3. The van der Waals surface area contributed by atoms with Crippen molar-refractivity contribution in [2.75, 3.05) is 6.54 Å². The van der Waals surface area contributed by atoms with Crippen molar-refractivity contribution in [3.8, 4) is 0 Å². The van der Waals surface area contributed by atoms with Gasteiger partial charge in [-0.15, -0.1) is 12.4 Å². The second-order valence-electron chi connectivity index (χ2n) is 6.12. The van der Waals surface area contributed by atoms with Gasteiger partial charge in [-0.3, -0.25) is 0 Å². The molecule has 0 saturated heterocycles. The van der Waals surface area contributed by atoms with E-state index in [1.165, 1.54) is 16.7 Å². The van der Waals surface area contributed by atoms with Gasteiger partial charge in [-0.05, 0) is 36.0 Å². The van der Waals surface area contributed by atoms with E-state index in [9.17, 15) is 5.11 Å². The number of aliphatic hydroxyl groups excluding tert-OH is 1. The Labute approximate surface area is 144 Å². The molecular weight excluding hydrogens is 308 g/mol. The lowest BCUT2D eigenvalue weighted by molar-refractivity contribution is 0.138. The highest BCUT2D eigenvalue weighted by atomic mass is 35.5. The van der Waals surface area contributed by atoms with E-state index >= 15 is 0 Å². The maximum Gasteiger partial charge on any atom is 0.0818 e. The molecule has 0 saturated carbocycles. The third-order valence-corrected chi connectivity index (χ3v) is 4.51. The normalized spacial score (nSPS) is 18.8. The third kappa shape index (κ3) is 4.55. The summed E-state index contributed by atoms with van der Waals surface area (Å²) in [5.74, 6) is 0. The summed E-state index contributed by atoms with van der Waals surface area (Å²) in [7, 11) is 0. The van der Waals surface area contributed by atoms with Crippen molar-refractivity contribution in [1.29, 1.82) is 0 Å². The second-order valence-corrected chi connectivity index (χ2v) is 6.12. The second kappa shape index (κ2) is 8.46. The Hall–Kier alpha value is -1.39. The summed E-state index contributed by atoms with van der Waals surface area (Å²) in [4.78, 5) is 0. The average molecular weight is 333 g/mol. The topological polar surface area (TPSA) is 58.3 Å². The molecule has 0 heterocycles. The summed E-state index contributed by atoms with van der Waals surface area (Å²) in [5, 5.41) is 13.8. The molecule has 0 radical (unpaired) electrons. The van der Waals surface area contributed by atoms with E-state index in [0.29, 0.717) is 19.0 Å². The van der Waals surface area contributed by atoms with Crippen molar-refractivity contribution in [2.24, 2.45) is 5.73 Å². The monoisotopic (exact) mass is 332 g/mol. The molecule has 2 aromatic rings. The zero-order valence-corrected chi connectivity index (χ0v) is 14.0. The largest absolute Gasteiger partial charge is 0.390 e. The predicted octanol–water partition coefficient (Wildman–Crippen LogP) is 2.62. The number of aryl methyl sites for hydroxylation is 1. The van der Waals surface area contributed by atoms with Gasteiger partial charge in [-0.25, -0.2) is 0 Å². The van der Waals surface area contributed by atoms with Crippen LogP contribution in [0.25, 0.3) is 0 Å². The Kier molecular flexibility index (Phi) is 6.60. The minimum atomic E-state index is -0.534. The highest BCUT2D eigenvalue weighted by molar-refractivity contribution is 5.85. The molecule has 0 aliphatic heterocycles. The van der Waals surface area contributed by atoms with Crippen LogP contribution in [0.4, 0.5) is 0 Å². The number of halogens is 1. The van der Waals surface area contributed by atoms with Crippen LogP contribution >= 0.6 is 12.4 Å². The summed E-state index contributed by atoms with van der Waals surface area (Å²) >= 11 is 0. The Balaban J connectivity index is 0.00000192. The molecule has 124 valence electrons. The van der Waals surface area contributed by atoms with E-state index in [2.05, 4.69) is 29.6 Å². The van der Waals surface area contributed by atoms with Gasteiger partial charge in [0.1, 0.15) is 0 Å². The molecule has 23 heavy (non-hydrogen) atoms. The standard InChI is InChI=1S/C19H24N2O.ClH/c20-17(12-14-6-2-1-3-7-14)19(22)13-21-18-11-10-15-8-4-5-9-16(15)18;/h1-9,17-19,21-22H,10-13,20H2;1H/t17-,18?,19+;/m0./s1. The van der Waals surface area contributed by atoms with Crippen molar-refractivity contribution in [1.82, 2.24) is 5.32 Å². The van der Waals surface area contributed by atoms with E-state index in [0.717, 1.165) is 12.8 Å². The first-order valence-corrected chi connectivity index (χ1v) is 8.03. The molecule has 0 amide bonds. The van der Waals surface area contributed by atoms with Gasteiger partial charge in [0.05, 0.1) is 6.10 Å². The third-order valence-electron chi connectivity index (χ3n) is 4.51. The van der Waals surface area contributed by atoms with Crippen LogP contribution < -0.4 is 11.1 Å². The van der Waals surface area contributed by atoms with Crippen LogP contribution in [0.2, 0.25) is 0 Å². The fraction of sp³-hybridized carbons (Fsp3) is 0.368. The van der Waals surface area contributed by atoms with Gasteiger partial charge in [-0.1, -0.05) is 54.6 Å². The lowest BCUT2D eigenvalue weighted by Crippen LogP contribution is -2.43. The first kappa shape index (κ1) is 18.0. The maximum atomic E-state index is 10.3. The van der Waals surface area contributed by atoms with Gasteiger partial charge in [-0.2, -0.15) is 0 Å². The van der Waals surface area contributed by atoms with Gasteiger partial charge in [0, 0.05) is 18.6 Å². The Morgan fingerprint density at radius 3 is 2.57 bits per heavy atom. The van der Waals surface area contributed by atoms with Crippen molar-refractivity contribution < 1.29 is 5.11 Å². The molecule has 3 atom stereocenters. The van der Waals surface area contributed by atoms with Crippen LogP contribution in [0.1, 0.15) is 29.2 Å². The number of aliphatic hydroxyl groups is 1. The Morgan fingerprint density at radius 2 is 1.78 bits per heavy atom. The molecule has 3 rings (SSSR count). The smallest absolute Gasteiger partial charge is 0.0818 e. The lowest BCUT2D eigenvalue weighted by Gasteiger charge is -2.22. The molecule has 0 bridgehead atoms. The van der Waals surface area contributed by atoms with Crippen LogP contribution in [0, 0.1) is 0 Å².